The second-order valence-electron chi connectivity index (χ2n) is 4.95. The Hall–Kier alpha value is -1.90. The number of pyridine rings is 1. The van der Waals surface area contributed by atoms with Gasteiger partial charge in [0.15, 0.2) is 5.82 Å². The van der Waals surface area contributed by atoms with E-state index in [0.717, 1.165) is 34.3 Å². The van der Waals surface area contributed by atoms with Crippen molar-refractivity contribution >= 4 is 16.3 Å². The number of hydrogen-bond acceptors (Lipinski definition) is 7. The van der Waals surface area contributed by atoms with Gasteiger partial charge in [-0.25, -0.2) is 0 Å². The molecule has 108 valence electrons. The average molecular weight is 302 g/mol. The summed E-state index contributed by atoms with van der Waals surface area (Å²) >= 11 is 1.56. The van der Waals surface area contributed by atoms with Gasteiger partial charge in [0.1, 0.15) is 5.01 Å². The molecule has 1 saturated heterocycles. The Morgan fingerprint density at radius 1 is 1.43 bits per heavy atom. The van der Waals surface area contributed by atoms with Gasteiger partial charge in [0, 0.05) is 31.6 Å². The lowest BCUT2D eigenvalue weighted by Gasteiger charge is -2.05. The zero-order valence-corrected chi connectivity index (χ0v) is 12.2. The number of fused-ring (bicyclic) bond motifs is 1. The van der Waals surface area contributed by atoms with E-state index in [2.05, 4.69) is 25.6 Å². The Labute approximate surface area is 125 Å². The van der Waals surface area contributed by atoms with Gasteiger partial charge in [-0.2, -0.15) is 9.61 Å². The predicted molar refractivity (Wildman–Crippen MR) is 78.0 cm³/mol. The molecule has 0 saturated carbocycles. The zero-order valence-electron chi connectivity index (χ0n) is 11.4. The van der Waals surface area contributed by atoms with Gasteiger partial charge < -0.3 is 10.1 Å². The predicted octanol–water partition coefficient (Wildman–Crippen LogP) is 1.30. The van der Waals surface area contributed by atoms with E-state index in [0.29, 0.717) is 0 Å². The van der Waals surface area contributed by atoms with Crippen molar-refractivity contribution in [3.63, 3.8) is 0 Å². The topological polar surface area (TPSA) is 77.2 Å². The molecule has 0 aromatic carbocycles. The normalized spacial score (nSPS) is 22.1. The van der Waals surface area contributed by atoms with Crippen LogP contribution in [0.25, 0.3) is 16.3 Å². The maximum Gasteiger partial charge on any atom is 0.235 e. The summed E-state index contributed by atoms with van der Waals surface area (Å²) in [6.45, 7) is 0.858. The molecule has 1 aliphatic rings. The van der Waals surface area contributed by atoms with Crippen LogP contribution in [0.15, 0.2) is 24.5 Å². The molecular formula is C13H14N6OS. The Bertz CT molecular complexity index is 754. The SMILES string of the molecule is COC1CNC(c2nn3c(-c4cccnc4)nnc3s2)C1. The number of rotatable bonds is 3. The van der Waals surface area contributed by atoms with Gasteiger partial charge in [-0.1, -0.05) is 11.3 Å². The first-order valence-corrected chi connectivity index (χ1v) is 7.55. The van der Waals surface area contributed by atoms with Crippen LogP contribution in [0, 0.1) is 0 Å². The Balaban J connectivity index is 1.70. The van der Waals surface area contributed by atoms with Crippen molar-refractivity contribution in [3.05, 3.63) is 29.5 Å². The zero-order chi connectivity index (χ0) is 14.2. The van der Waals surface area contributed by atoms with Crippen molar-refractivity contribution in [3.8, 4) is 11.4 Å². The van der Waals surface area contributed by atoms with Crippen molar-refractivity contribution in [2.45, 2.75) is 18.6 Å². The first-order valence-electron chi connectivity index (χ1n) is 6.74. The number of aromatic nitrogens is 5. The summed E-state index contributed by atoms with van der Waals surface area (Å²) in [4.78, 5) is 4.92. The largest absolute Gasteiger partial charge is 0.380 e. The van der Waals surface area contributed by atoms with Crippen LogP contribution < -0.4 is 5.32 Å². The molecule has 1 N–H and O–H groups in total. The molecule has 4 rings (SSSR count). The summed E-state index contributed by atoms with van der Waals surface area (Å²) in [7, 11) is 1.74. The highest BCUT2D eigenvalue weighted by atomic mass is 32.1. The number of nitrogens with zero attached hydrogens (tertiary/aromatic N) is 5. The van der Waals surface area contributed by atoms with E-state index in [-0.39, 0.29) is 12.1 Å². The quantitative estimate of drug-likeness (QED) is 0.786. The van der Waals surface area contributed by atoms with Crippen LogP contribution in [0.5, 0.6) is 0 Å². The van der Waals surface area contributed by atoms with Crippen molar-refractivity contribution in [2.24, 2.45) is 0 Å². The summed E-state index contributed by atoms with van der Waals surface area (Å²) in [5, 5.41) is 17.5. The fourth-order valence-electron chi connectivity index (χ4n) is 2.52. The molecule has 0 aliphatic carbocycles. The van der Waals surface area contributed by atoms with Crippen LogP contribution in [-0.4, -0.2) is 44.6 Å². The molecule has 1 aliphatic heterocycles. The molecule has 7 nitrogen and oxygen atoms in total. The smallest absolute Gasteiger partial charge is 0.235 e. The lowest BCUT2D eigenvalue weighted by molar-refractivity contribution is 0.117. The third-order valence-electron chi connectivity index (χ3n) is 3.65. The highest BCUT2D eigenvalue weighted by Crippen LogP contribution is 2.29. The molecular weight excluding hydrogens is 288 g/mol. The van der Waals surface area contributed by atoms with E-state index >= 15 is 0 Å². The molecule has 0 radical (unpaired) electrons. The van der Waals surface area contributed by atoms with Crippen LogP contribution in [0.1, 0.15) is 17.5 Å². The molecule has 21 heavy (non-hydrogen) atoms. The summed E-state index contributed by atoms with van der Waals surface area (Å²) in [6, 6.07) is 4.06. The molecule has 3 aromatic rings. The van der Waals surface area contributed by atoms with Crippen LogP contribution >= 0.6 is 11.3 Å². The monoisotopic (exact) mass is 302 g/mol. The van der Waals surface area contributed by atoms with Crippen molar-refractivity contribution in [1.29, 1.82) is 0 Å². The van der Waals surface area contributed by atoms with E-state index in [1.807, 2.05) is 12.1 Å². The minimum atomic E-state index is 0.225. The van der Waals surface area contributed by atoms with Gasteiger partial charge >= 0.3 is 0 Å². The number of methoxy groups -OCH3 is 1. The number of nitrogens with one attached hydrogen (secondary N) is 1. The molecule has 4 heterocycles. The molecule has 8 heteroatoms. The summed E-state index contributed by atoms with van der Waals surface area (Å²) in [5.74, 6) is 0.724. The maximum atomic E-state index is 5.38. The highest BCUT2D eigenvalue weighted by Gasteiger charge is 2.28. The van der Waals surface area contributed by atoms with Crippen molar-refractivity contribution in [2.75, 3.05) is 13.7 Å². The molecule has 0 bridgehead atoms. The number of ether oxygens (including phenoxy) is 1. The van der Waals surface area contributed by atoms with Gasteiger partial charge in [-0.15, -0.1) is 10.2 Å². The first-order chi connectivity index (χ1) is 10.3. The first kappa shape index (κ1) is 12.8. The third-order valence-corrected chi connectivity index (χ3v) is 4.66. The molecule has 1 fully saturated rings. The molecule has 0 amide bonds. The second kappa shape index (κ2) is 5.14. The van der Waals surface area contributed by atoms with Gasteiger partial charge in [0.2, 0.25) is 4.96 Å². The van der Waals surface area contributed by atoms with E-state index in [4.69, 9.17) is 4.74 Å². The van der Waals surface area contributed by atoms with E-state index in [1.54, 1.807) is 35.4 Å². The fourth-order valence-corrected chi connectivity index (χ4v) is 3.45. The maximum absolute atomic E-state index is 5.38. The van der Waals surface area contributed by atoms with Crippen LogP contribution in [0.3, 0.4) is 0 Å². The number of hydrogen-bond donors (Lipinski definition) is 1. The van der Waals surface area contributed by atoms with Crippen molar-refractivity contribution < 1.29 is 4.74 Å². The Morgan fingerprint density at radius 3 is 3.14 bits per heavy atom. The molecule has 0 spiro atoms. The standard InChI is InChI=1S/C13H14N6OS/c1-20-9-5-10(15-7-9)12-18-19-11(16-17-13(19)21-12)8-3-2-4-14-6-8/h2-4,6,9-10,15H,5,7H2,1H3. The molecule has 2 atom stereocenters. The lowest BCUT2D eigenvalue weighted by Crippen LogP contribution is -2.16. The minimum Gasteiger partial charge on any atom is -0.380 e. The fraction of sp³-hybridized carbons (Fsp3) is 0.385. The Morgan fingerprint density at radius 2 is 2.38 bits per heavy atom. The van der Waals surface area contributed by atoms with Gasteiger partial charge in [0.25, 0.3) is 0 Å². The lowest BCUT2D eigenvalue weighted by atomic mass is 10.2. The van der Waals surface area contributed by atoms with Crippen molar-refractivity contribution in [1.82, 2.24) is 30.1 Å². The summed E-state index contributed by atoms with van der Waals surface area (Å²) in [6.07, 6.45) is 4.69. The second-order valence-corrected chi connectivity index (χ2v) is 5.94. The van der Waals surface area contributed by atoms with E-state index in [1.165, 1.54) is 0 Å². The van der Waals surface area contributed by atoms with Crippen LogP contribution in [0.4, 0.5) is 0 Å². The molecule has 3 aromatic heterocycles. The third kappa shape index (κ3) is 2.21. The molecule has 2 unspecified atom stereocenters. The van der Waals surface area contributed by atoms with Gasteiger partial charge in [0.05, 0.1) is 12.1 Å². The van der Waals surface area contributed by atoms with Gasteiger partial charge in [-0.05, 0) is 18.6 Å². The van der Waals surface area contributed by atoms with E-state index in [9.17, 15) is 0 Å². The average Bonchev–Trinajstić information content (AvgIpc) is 3.22. The van der Waals surface area contributed by atoms with Crippen LogP contribution in [0.2, 0.25) is 0 Å². The summed E-state index contributed by atoms with van der Waals surface area (Å²) in [5.41, 5.74) is 0.913. The Kier molecular flexibility index (Phi) is 3.13. The minimum absolute atomic E-state index is 0.225. The highest BCUT2D eigenvalue weighted by molar-refractivity contribution is 7.16. The van der Waals surface area contributed by atoms with Gasteiger partial charge in [-0.3, -0.25) is 4.98 Å². The van der Waals surface area contributed by atoms with Crippen LogP contribution in [-0.2, 0) is 4.74 Å². The van der Waals surface area contributed by atoms with E-state index < -0.39 is 0 Å². The summed E-state index contributed by atoms with van der Waals surface area (Å²) < 4.78 is 7.17.